The summed E-state index contributed by atoms with van der Waals surface area (Å²) in [5.41, 5.74) is 16.7. The molecule has 160 valence electrons. The zero-order valence-electron chi connectivity index (χ0n) is 18.1. The first-order valence-electron chi connectivity index (χ1n) is 9.99. The van der Waals surface area contributed by atoms with E-state index in [1.165, 1.54) is 0 Å². The molecule has 0 aromatic heterocycles. The molecule has 0 spiro atoms. The maximum absolute atomic E-state index is 5.93. The van der Waals surface area contributed by atoms with Crippen LogP contribution >= 0.6 is 0 Å². The van der Waals surface area contributed by atoms with Gasteiger partial charge >= 0.3 is 0 Å². The van der Waals surface area contributed by atoms with Crippen molar-refractivity contribution in [2.75, 3.05) is 14.1 Å². The van der Waals surface area contributed by atoms with Gasteiger partial charge in [-0.1, -0.05) is 17.7 Å². The van der Waals surface area contributed by atoms with E-state index in [2.05, 4.69) is 35.1 Å². The van der Waals surface area contributed by atoms with Crippen LogP contribution in [-0.4, -0.2) is 25.8 Å². The minimum atomic E-state index is 0.468. The number of nitrogens with two attached hydrogens (primary N) is 2. The van der Waals surface area contributed by atoms with Crippen LogP contribution < -0.4 is 20.9 Å². The first kappa shape index (κ1) is 21.9. The third-order valence-corrected chi connectivity index (χ3v) is 4.79. The molecule has 0 fully saturated rings. The van der Waals surface area contributed by atoms with Gasteiger partial charge in [-0.2, -0.15) is 0 Å². The second-order valence-corrected chi connectivity index (χ2v) is 7.17. The van der Waals surface area contributed by atoms with Crippen LogP contribution in [0.2, 0.25) is 0 Å². The molecule has 3 rings (SSSR count). The van der Waals surface area contributed by atoms with Crippen molar-refractivity contribution in [1.29, 1.82) is 0 Å². The normalized spacial score (nSPS) is 12.0. The van der Waals surface area contributed by atoms with E-state index in [4.69, 9.17) is 20.9 Å². The van der Waals surface area contributed by atoms with Gasteiger partial charge in [0.25, 0.3) is 0 Å². The fourth-order valence-electron chi connectivity index (χ4n) is 3.15. The summed E-state index contributed by atoms with van der Waals surface area (Å²) in [6.07, 6.45) is 0. The molecule has 0 saturated carbocycles. The van der Waals surface area contributed by atoms with Gasteiger partial charge < -0.3 is 20.9 Å². The zero-order chi connectivity index (χ0) is 22.2. The van der Waals surface area contributed by atoms with E-state index in [0.29, 0.717) is 24.9 Å². The van der Waals surface area contributed by atoms with Crippen molar-refractivity contribution in [1.82, 2.24) is 0 Å². The highest BCUT2D eigenvalue weighted by Gasteiger charge is 2.04. The van der Waals surface area contributed by atoms with E-state index in [0.717, 1.165) is 39.3 Å². The van der Waals surface area contributed by atoms with Gasteiger partial charge in [-0.3, -0.25) is 9.98 Å². The van der Waals surface area contributed by atoms with E-state index in [1.807, 2.05) is 48.5 Å². The predicted molar refractivity (Wildman–Crippen MR) is 126 cm³/mol. The van der Waals surface area contributed by atoms with Crippen LogP contribution in [0.5, 0.6) is 11.5 Å². The summed E-state index contributed by atoms with van der Waals surface area (Å²) in [5, 5.41) is 0. The monoisotopic (exact) mass is 416 g/mol. The molecule has 0 aliphatic carbocycles. The van der Waals surface area contributed by atoms with Crippen LogP contribution in [0.4, 0.5) is 0 Å². The zero-order valence-corrected chi connectivity index (χ0v) is 18.1. The summed E-state index contributed by atoms with van der Waals surface area (Å²) in [7, 11) is 3.34. The number of amidine groups is 2. The van der Waals surface area contributed by atoms with E-state index >= 15 is 0 Å². The Labute approximate surface area is 183 Å². The smallest absolute Gasteiger partial charge is 0.125 e. The molecular formula is C25H28N4O2. The Bertz CT molecular complexity index is 988. The molecular weight excluding hydrogens is 388 g/mol. The van der Waals surface area contributed by atoms with Crippen molar-refractivity contribution in [3.8, 4) is 11.5 Å². The third-order valence-electron chi connectivity index (χ3n) is 4.79. The quantitative estimate of drug-likeness (QED) is 0.431. The molecule has 0 saturated heterocycles. The lowest BCUT2D eigenvalue weighted by Crippen LogP contribution is -2.12. The Morgan fingerprint density at radius 2 is 1.06 bits per heavy atom. The minimum absolute atomic E-state index is 0.468. The van der Waals surface area contributed by atoms with Gasteiger partial charge in [0.05, 0.1) is 0 Å². The first-order chi connectivity index (χ1) is 15.0. The van der Waals surface area contributed by atoms with Crippen LogP contribution in [0.3, 0.4) is 0 Å². The Kier molecular flexibility index (Phi) is 7.27. The standard InChI is InChI=1S/C25H28N4O2/c1-17-12-18(15-30-22-8-4-20(5-9-22)24(26)28-2)14-19(13-17)16-31-23-10-6-21(7-11-23)25(27)29-3/h4-14H,15-16H2,1-3H3,(H2,26,28)(H2,27,29). The number of nitrogens with zero attached hydrogens (tertiary/aromatic N) is 2. The summed E-state index contributed by atoms with van der Waals surface area (Å²) in [6, 6.07) is 21.5. The Morgan fingerprint density at radius 3 is 1.42 bits per heavy atom. The minimum Gasteiger partial charge on any atom is -0.489 e. The third kappa shape index (κ3) is 6.09. The SMILES string of the molecule is CN=C(N)c1ccc(OCc2cc(C)cc(COc3ccc(C(N)=NC)cc3)c2)cc1. The van der Waals surface area contributed by atoms with Crippen LogP contribution in [0, 0.1) is 6.92 Å². The summed E-state index contributed by atoms with van der Waals surface area (Å²) >= 11 is 0. The summed E-state index contributed by atoms with van der Waals surface area (Å²) in [4.78, 5) is 7.97. The lowest BCUT2D eigenvalue weighted by Gasteiger charge is -2.11. The molecule has 0 aliphatic rings. The lowest BCUT2D eigenvalue weighted by atomic mass is 10.1. The van der Waals surface area contributed by atoms with Gasteiger partial charge in [0.15, 0.2) is 0 Å². The second-order valence-electron chi connectivity index (χ2n) is 7.17. The van der Waals surface area contributed by atoms with E-state index in [1.54, 1.807) is 14.1 Å². The number of benzene rings is 3. The lowest BCUT2D eigenvalue weighted by molar-refractivity contribution is 0.299. The van der Waals surface area contributed by atoms with Crippen molar-refractivity contribution in [2.45, 2.75) is 20.1 Å². The number of aliphatic imine (C=N–C) groups is 2. The van der Waals surface area contributed by atoms with Crippen LogP contribution in [0.25, 0.3) is 0 Å². The van der Waals surface area contributed by atoms with Gasteiger partial charge in [0, 0.05) is 25.2 Å². The summed E-state index contributed by atoms with van der Waals surface area (Å²) in [5.74, 6) is 2.57. The molecule has 31 heavy (non-hydrogen) atoms. The van der Waals surface area contributed by atoms with Crippen LogP contribution in [0.15, 0.2) is 76.7 Å². The number of aryl methyl sites for hydroxylation is 1. The molecule has 0 amide bonds. The van der Waals surface area contributed by atoms with Crippen molar-refractivity contribution in [3.63, 3.8) is 0 Å². The maximum Gasteiger partial charge on any atom is 0.125 e. The van der Waals surface area contributed by atoms with Crippen molar-refractivity contribution in [3.05, 3.63) is 94.5 Å². The molecule has 0 bridgehead atoms. The van der Waals surface area contributed by atoms with Crippen molar-refractivity contribution >= 4 is 11.7 Å². The van der Waals surface area contributed by atoms with Crippen molar-refractivity contribution in [2.24, 2.45) is 21.5 Å². The number of ether oxygens (including phenoxy) is 2. The van der Waals surface area contributed by atoms with Gasteiger partial charge in [-0.15, -0.1) is 0 Å². The van der Waals surface area contributed by atoms with Crippen LogP contribution in [0.1, 0.15) is 27.8 Å². The first-order valence-corrected chi connectivity index (χ1v) is 9.99. The number of hydrogen-bond donors (Lipinski definition) is 2. The number of rotatable bonds is 8. The molecule has 0 unspecified atom stereocenters. The topological polar surface area (TPSA) is 95.2 Å². The predicted octanol–water partition coefficient (Wildman–Crippen LogP) is 3.82. The van der Waals surface area contributed by atoms with Gasteiger partial charge in [-0.25, -0.2) is 0 Å². The fraction of sp³-hybridized carbons (Fsp3) is 0.200. The fourth-order valence-corrected chi connectivity index (χ4v) is 3.15. The summed E-state index contributed by atoms with van der Waals surface area (Å²) < 4.78 is 11.9. The Balaban J connectivity index is 1.61. The molecule has 0 aliphatic heterocycles. The highest BCUT2D eigenvalue weighted by atomic mass is 16.5. The molecule has 0 heterocycles. The van der Waals surface area contributed by atoms with Gasteiger partial charge in [0.1, 0.15) is 36.4 Å². The second kappa shape index (κ2) is 10.3. The molecule has 0 radical (unpaired) electrons. The van der Waals surface area contributed by atoms with E-state index < -0.39 is 0 Å². The Morgan fingerprint density at radius 1 is 0.677 bits per heavy atom. The molecule has 6 heteroatoms. The maximum atomic E-state index is 5.93. The molecule has 3 aromatic rings. The van der Waals surface area contributed by atoms with E-state index in [9.17, 15) is 0 Å². The van der Waals surface area contributed by atoms with Crippen molar-refractivity contribution < 1.29 is 9.47 Å². The van der Waals surface area contributed by atoms with Gasteiger partial charge in [-0.05, 0) is 72.6 Å². The van der Waals surface area contributed by atoms with Crippen LogP contribution in [-0.2, 0) is 13.2 Å². The molecule has 6 nitrogen and oxygen atoms in total. The molecule has 4 N–H and O–H groups in total. The number of hydrogen-bond acceptors (Lipinski definition) is 4. The average molecular weight is 417 g/mol. The van der Waals surface area contributed by atoms with E-state index in [-0.39, 0.29) is 0 Å². The van der Waals surface area contributed by atoms with Gasteiger partial charge in [0.2, 0.25) is 0 Å². The Hall–Kier alpha value is -3.80. The molecule has 3 aromatic carbocycles. The largest absolute Gasteiger partial charge is 0.489 e. The average Bonchev–Trinajstić information content (AvgIpc) is 2.80. The molecule has 0 atom stereocenters. The highest BCUT2D eigenvalue weighted by molar-refractivity contribution is 5.97. The summed E-state index contributed by atoms with van der Waals surface area (Å²) in [6.45, 7) is 3.00. The highest BCUT2D eigenvalue weighted by Crippen LogP contribution is 2.18.